The monoisotopic (exact) mass is 203 g/mol. The summed E-state index contributed by atoms with van der Waals surface area (Å²) in [5.74, 6) is 0. The van der Waals surface area contributed by atoms with E-state index in [9.17, 15) is 5.21 Å². The lowest BCUT2D eigenvalue weighted by Crippen LogP contribution is -2.29. The van der Waals surface area contributed by atoms with Crippen molar-refractivity contribution in [2.45, 2.75) is 52.2 Å². The largest absolute Gasteiger partial charge is 0.444 e. The van der Waals surface area contributed by atoms with Crippen LogP contribution >= 0.6 is 0 Å². The second-order valence-corrected chi connectivity index (χ2v) is 8.57. The highest BCUT2D eigenvalue weighted by Crippen LogP contribution is 2.02. The lowest BCUT2D eigenvalue weighted by atomic mass is 10.2. The Morgan fingerprint density at radius 3 is 2.38 bits per heavy atom. The molecule has 0 aromatic carbocycles. The van der Waals surface area contributed by atoms with Crippen molar-refractivity contribution in [3.8, 4) is 0 Å². The predicted molar refractivity (Wildman–Crippen MR) is 58.3 cm³/mol. The van der Waals surface area contributed by atoms with Crippen LogP contribution in [0.25, 0.3) is 0 Å². The van der Waals surface area contributed by atoms with Crippen LogP contribution in [0.5, 0.6) is 0 Å². The Bertz CT molecular complexity index is 163. The number of nitrogens with zero attached hydrogens (tertiary/aromatic N) is 1. The van der Waals surface area contributed by atoms with E-state index in [0.29, 0.717) is 4.90 Å². The van der Waals surface area contributed by atoms with E-state index < -0.39 is 8.32 Å². The average Bonchev–Trinajstić information content (AvgIpc) is 1.94. The molecule has 0 bridgehead atoms. The second kappa shape index (κ2) is 6.02. The standard InChI is InChI=1S/C9H21NO2Si/c1-5-6-7-8-9-10(11)12-13(2,3)4/h9H,5-8H2,1-4H3/b10-9-. The highest BCUT2D eigenvalue weighted by molar-refractivity contribution is 6.69. The van der Waals surface area contributed by atoms with E-state index in [4.69, 9.17) is 4.53 Å². The van der Waals surface area contributed by atoms with Crippen LogP contribution in [-0.2, 0) is 4.53 Å². The molecule has 0 heterocycles. The molecule has 0 aromatic rings. The topological polar surface area (TPSA) is 35.3 Å². The number of rotatable bonds is 6. The Labute approximate surface area is 82.1 Å². The van der Waals surface area contributed by atoms with Gasteiger partial charge < -0.3 is 4.53 Å². The summed E-state index contributed by atoms with van der Waals surface area (Å²) in [6.45, 7) is 8.14. The van der Waals surface area contributed by atoms with Crippen molar-refractivity contribution in [3.63, 3.8) is 0 Å². The van der Waals surface area contributed by atoms with Crippen molar-refractivity contribution in [1.82, 2.24) is 0 Å². The summed E-state index contributed by atoms with van der Waals surface area (Å²) < 4.78 is 5.18. The summed E-state index contributed by atoms with van der Waals surface area (Å²) in [5, 5.41) is 11.1. The third kappa shape index (κ3) is 9.40. The fraction of sp³-hybridized carbons (Fsp3) is 0.889. The van der Waals surface area contributed by atoms with Gasteiger partial charge in [-0.3, -0.25) is 5.21 Å². The minimum atomic E-state index is -1.71. The summed E-state index contributed by atoms with van der Waals surface area (Å²) in [5.41, 5.74) is 0. The van der Waals surface area contributed by atoms with Gasteiger partial charge in [0.2, 0.25) is 6.21 Å². The molecule has 0 aromatic heterocycles. The first-order valence-electron chi connectivity index (χ1n) is 4.94. The molecule has 4 heteroatoms. The molecule has 78 valence electrons. The van der Waals surface area contributed by atoms with E-state index in [-0.39, 0.29) is 0 Å². The SMILES string of the molecule is CCCCC/C=[N+](/[O-])O[Si](C)(C)C. The fourth-order valence-electron chi connectivity index (χ4n) is 0.898. The molecule has 0 unspecified atom stereocenters. The first kappa shape index (κ1) is 12.5. The molecule has 0 fully saturated rings. The fourth-order valence-corrected chi connectivity index (χ4v) is 1.51. The number of unbranched alkanes of at least 4 members (excludes halogenated alkanes) is 3. The van der Waals surface area contributed by atoms with Crippen LogP contribution in [0.3, 0.4) is 0 Å². The molecule has 3 nitrogen and oxygen atoms in total. The zero-order valence-electron chi connectivity index (χ0n) is 9.17. The molecule has 0 aliphatic rings. The first-order chi connectivity index (χ1) is 5.95. The summed E-state index contributed by atoms with van der Waals surface area (Å²) >= 11 is 0. The molecule has 0 aliphatic carbocycles. The van der Waals surface area contributed by atoms with Crippen molar-refractivity contribution >= 4 is 14.5 Å². The van der Waals surface area contributed by atoms with Gasteiger partial charge >= 0.3 is 0 Å². The van der Waals surface area contributed by atoms with Gasteiger partial charge in [0.05, 0.1) is 0 Å². The highest BCUT2D eigenvalue weighted by atomic mass is 28.4. The van der Waals surface area contributed by atoms with Crippen molar-refractivity contribution in [2.24, 2.45) is 0 Å². The minimum absolute atomic E-state index is 0.641. The maximum atomic E-state index is 11.1. The molecule has 0 rings (SSSR count). The van der Waals surface area contributed by atoms with Crippen LogP contribution in [-0.4, -0.2) is 19.4 Å². The van der Waals surface area contributed by atoms with Crippen molar-refractivity contribution in [1.29, 1.82) is 0 Å². The summed E-state index contributed by atoms with van der Waals surface area (Å²) in [7, 11) is -1.71. The number of hydrogen-bond acceptors (Lipinski definition) is 2. The van der Waals surface area contributed by atoms with Gasteiger partial charge in [0, 0.05) is 11.3 Å². The average molecular weight is 203 g/mol. The van der Waals surface area contributed by atoms with Gasteiger partial charge in [-0.05, 0) is 6.42 Å². The summed E-state index contributed by atoms with van der Waals surface area (Å²) in [4.78, 5) is 0.641. The van der Waals surface area contributed by atoms with Gasteiger partial charge in [-0.25, -0.2) is 0 Å². The van der Waals surface area contributed by atoms with E-state index in [1.165, 1.54) is 12.8 Å². The lowest BCUT2D eigenvalue weighted by molar-refractivity contribution is -0.701. The van der Waals surface area contributed by atoms with Crippen molar-refractivity contribution < 1.29 is 9.43 Å². The van der Waals surface area contributed by atoms with E-state index in [1.807, 2.05) is 19.6 Å². The molecule has 13 heavy (non-hydrogen) atoms. The molecule has 0 spiro atoms. The van der Waals surface area contributed by atoms with Gasteiger partial charge in [0.1, 0.15) is 0 Å². The maximum Gasteiger partial charge on any atom is 0.209 e. The zero-order chi connectivity index (χ0) is 10.3. The van der Waals surface area contributed by atoms with Gasteiger partial charge in [-0.15, -0.1) is 0 Å². The Kier molecular flexibility index (Phi) is 5.78. The maximum absolute atomic E-state index is 11.1. The Hall–Kier alpha value is -0.513. The summed E-state index contributed by atoms with van der Waals surface area (Å²) in [6.07, 6.45) is 5.85. The predicted octanol–water partition coefficient (Wildman–Crippen LogP) is 2.91. The quantitative estimate of drug-likeness (QED) is 0.219. The molecule has 0 saturated heterocycles. The normalized spacial score (nSPS) is 13.1. The highest BCUT2D eigenvalue weighted by Gasteiger charge is 2.13. The molecular formula is C9H21NO2Si. The zero-order valence-corrected chi connectivity index (χ0v) is 10.2. The first-order valence-corrected chi connectivity index (χ1v) is 8.35. The van der Waals surface area contributed by atoms with E-state index >= 15 is 0 Å². The van der Waals surface area contributed by atoms with Crippen LogP contribution in [0.2, 0.25) is 19.6 Å². The van der Waals surface area contributed by atoms with Crippen molar-refractivity contribution in [3.05, 3.63) is 5.21 Å². The van der Waals surface area contributed by atoms with Crippen LogP contribution in [0, 0.1) is 5.21 Å². The van der Waals surface area contributed by atoms with Gasteiger partial charge in [-0.2, -0.15) is 0 Å². The van der Waals surface area contributed by atoms with E-state index in [1.54, 1.807) is 6.21 Å². The van der Waals surface area contributed by atoms with Crippen molar-refractivity contribution in [2.75, 3.05) is 0 Å². The van der Waals surface area contributed by atoms with Crippen LogP contribution < -0.4 is 0 Å². The molecule has 0 atom stereocenters. The van der Waals surface area contributed by atoms with Gasteiger partial charge in [0.25, 0.3) is 0 Å². The van der Waals surface area contributed by atoms with Crippen LogP contribution in [0.1, 0.15) is 32.6 Å². The molecule has 0 N–H and O–H groups in total. The lowest BCUT2D eigenvalue weighted by Gasteiger charge is -2.19. The number of hydrogen-bond donors (Lipinski definition) is 0. The Morgan fingerprint density at radius 1 is 1.31 bits per heavy atom. The molecule has 0 aliphatic heterocycles. The summed E-state index contributed by atoms with van der Waals surface area (Å²) in [6, 6.07) is 0. The van der Waals surface area contributed by atoms with Gasteiger partial charge in [0.15, 0.2) is 8.32 Å². The third-order valence-corrected chi connectivity index (χ3v) is 2.18. The van der Waals surface area contributed by atoms with E-state index in [0.717, 1.165) is 12.8 Å². The molecule has 0 amide bonds. The Balaban J connectivity index is 3.63. The molecular weight excluding hydrogens is 182 g/mol. The molecule has 0 radical (unpaired) electrons. The third-order valence-electron chi connectivity index (χ3n) is 1.45. The van der Waals surface area contributed by atoms with Crippen LogP contribution in [0.4, 0.5) is 0 Å². The Morgan fingerprint density at radius 2 is 1.92 bits per heavy atom. The van der Waals surface area contributed by atoms with E-state index in [2.05, 4.69) is 6.92 Å². The second-order valence-electron chi connectivity index (χ2n) is 4.17. The molecule has 0 saturated carbocycles. The minimum Gasteiger partial charge on any atom is -0.444 e. The van der Waals surface area contributed by atoms with Gasteiger partial charge in [-0.1, -0.05) is 39.4 Å². The van der Waals surface area contributed by atoms with Crippen LogP contribution in [0.15, 0.2) is 0 Å². The smallest absolute Gasteiger partial charge is 0.209 e.